The van der Waals surface area contributed by atoms with Crippen LogP contribution < -0.4 is 24.4 Å². The maximum atomic E-state index is 13.9. The second kappa shape index (κ2) is 11.7. The average Bonchev–Trinajstić information content (AvgIpc) is 3.56. The summed E-state index contributed by atoms with van der Waals surface area (Å²) in [5, 5.41) is 9.51. The molecule has 0 saturated heterocycles. The second-order valence-corrected chi connectivity index (χ2v) is 10.5. The third kappa shape index (κ3) is 5.24. The van der Waals surface area contributed by atoms with Crippen LogP contribution in [0.5, 0.6) is 11.5 Å². The van der Waals surface area contributed by atoms with Crippen molar-refractivity contribution in [1.29, 1.82) is 0 Å². The van der Waals surface area contributed by atoms with Crippen LogP contribution in [0.4, 0.5) is 0 Å². The number of benzene rings is 2. The molecule has 0 amide bonds. The molecule has 12 heteroatoms. The predicted octanol–water partition coefficient (Wildman–Crippen LogP) is 4.43. The van der Waals surface area contributed by atoms with Gasteiger partial charge in [0, 0.05) is 17.2 Å². The van der Waals surface area contributed by atoms with E-state index in [0.29, 0.717) is 49.2 Å². The molecule has 1 aliphatic rings. The molecule has 10 nitrogen and oxygen atoms in total. The molecule has 0 fully saturated rings. The highest BCUT2D eigenvalue weighted by atomic mass is 35.5. The molecule has 1 aliphatic heterocycles. The van der Waals surface area contributed by atoms with Gasteiger partial charge in [0.1, 0.15) is 29.1 Å². The highest BCUT2D eigenvalue weighted by Crippen LogP contribution is 2.38. The Hall–Kier alpha value is -4.61. The lowest BCUT2D eigenvalue weighted by Crippen LogP contribution is -2.40. The number of thiazole rings is 1. The minimum absolute atomic E-state index is 0.0545. The van der Waals surface area contributed by atoms with Crippen LogP contribution in [0, 0.1) is 0 Å². The van der Waals surface area contributed by atoms with Crippen LogP contribution in [0.2, 0.25) is 5.02 Å². The summed E-state index contributed by atoms with van der Waals surface area (Å²) in [7, 11) is 3.03. The average molecular weight is 609 g/mol. The van der Waals surface area contributed by atoms with Gasteiger partial charge in [-0.15, -0.1) is 0 Å². The molecule has 216 valence electrons. The molecule has 2 aromatic heterocycles. The number of rotatable bonds is 8. The number of fused-ring (bicyclic) bond motifs is 1. The molecule has 0 bridgehead atoms. The molecule has 5 rings (SSSR count). The zero-order chi connectivity index (χ0) is 30.1. The van der Waals surface area contributed by atoms with Gasteiger partial charge in [-0.05, 0) is 62.4 Å². The van der Waals surface area contributed by atoms with Crippen LogP contribution in [-0.2, 0) is 9.53 Å². The van der Waals surface area contributed by atoms with Crippen LogP contribution in [0.3, 0.4) is 0 Å². The first-order valence-corrected chi connectivity index (χ1v) is 13.9. The third-order valence-electron chi connectivity index (χ3n) is 6.63. The first kappa shape index (κ1) is 28.9. The summed E-state index contributed by atoms with van der Waals surface area (Å²) in [5.74, 6) is -0.0309. The van der Waals surface area contributed by atoms with Gasteiger partial charge in [0.15, 0.2) is 4.80 Å². The molecule has 0 spiro atoms. The number of hydrogen-bond donors (Lipinski definition) is 1. The molecular weight excluding hydrogens is 584 g/mol. The minimum Gasteiger partial charge on any atom is -0.497 e. The fourth-order valence-electron chi connectivity index (χ4n) is 4.70. The predicted molar refractivity (Wildman–Crippen MR) is 156 cm³/mol. The first-order chi connectivity index (χ1) is 20.2. The molecule has 2 aromatic carbocycles. The number of allylic oxidation sites excluding steroid dienone is 1. The fourth-order valence-corrected chi connectivity index (χ4v) is 5.92. The Bertz CT molecular complexity index is 1930. The van der Waals surface area contributed by atoms with Gasteiger partial charge in [-0.3, -0.25) is 9.36 Å². The molecule has 42 heavy (non-hydrogen) atoms. The summed E-state index contributed by atoms with van der Waals surface area (Å²) in [6, 6.07) is 12.1. The molecule has 3 heterocycles. The Morgan fingerprint density at radius 1 is 1.14 bits per heavy atom. The Labute approximate surface area is 248 Å². The Balaban J connectivity index is 1.66. The normalized spacial score (nSPS) is 14.8. The first-order valence-electron chi connectivity index (χ1n) is 12.7. The largest absolute Gasteiger partial charge is 0.497 e. The van der Waals surface area contributed by atoms with Gasteiger partial charge < -0.3 is 23.7 Å². The topological polar surface area (TPSA) is 130 Å². The molecule has 0 saturated carbocycles. The zero-order valence-electron chi connectivity index (χ0n) is 23.0. The van der Waals surface area contributed by atoms with Crippen molar-refractivity contribution in [3.05, 3.63) is 101 Å². The van der Waals surface area contributed by atoms with Gasteiger partial charge >= 0.3 is 11.9 Å². The van der Waals surface area contributed by atoms with E-state index in [2.05, 4.69) is 4.99 Å². The number of aromatic nitrogens is 1. The monoisotopic (exact) mass is 608 g/mol. The molecule has 1 atom stereocenters. The number of methoxy groups -OCH3 is 2. The molecular formula is C30H25ClN2O8S. The summed E-state index contributed by atoms with van der Waals surface area (Å²) in [6.07, 6.45) is 1.57. The van der Waals surface area contributed by atoms with Gasteiger partial charge in [-0.25, -0.2) is 14.6 Å². The number of carboxylic acid groups (broad SMARTS) is 1. The SMILES string of the molecule is CCOC(=O)C1=C(C)N=c2sc(=Cc3ccc(-c4ccc(Cl)c(C(=O)O)c4)o3)c(=O)n2[C@H]1c1cc(OC)ccc1OC. The standard InChI is InChI=1S/C30H25ClN2O8S/c1-5-40-29(37)25-15(2)32-30-33(26(25)20-13-17(38-3)7-11-23(20)39-4)27(34)24(42-30)14-18-8-10-22(41-18)16-6-9-21(31)19(12-16)28(35)36/h6-14,26H,5H2,1-4H3,(H,35,36)/t26-/m0/s1. The lowest BCUT2D eigenvalue weighted by molar-refractivity contribution is -0.139. The van der Waals surface area contributed by atoms with Crippen molar-refractivity contribution >= 4 is 41.0 Å². The quantitative estimate of drug-likeness (QED) is 0.291. The summed E-state index contributed by atoms with van der Waals surface area (Å²) in [4.78, 5) is 43.6. The lowest BCUT2D eigenvalue weighted by atomic mass is 9.95. The number of aromatic carboxylic acids is 1. The van der Waals surface area contributed by atoms with Gasteiger partial charge in [-0.2, -0.15) is 0 Å². The molecule has 0 radical (unpaired) electrons. The maximum Gasteiger partial charge on any atom is 0.338 e. The van der Waals surface area contributed by atoms with Gasteiger partial charge in [0.2, 0.25) is 0 Å². The maximum absolute atomic E-state index is 13.9. The Morgan fingerprint density at radius 2 is 1.93 bits per heavy atom. The highest BCUT2D eigenvalue weighted by Gasteiger charge is 2.35. The summed E-state index contributed by atoms with van der Waals surface area (Å²) < 4.78 is 24.1. The van der Waals surface area contributed by atoms with Crippen molar-refractivity contribution in [1.82, 2.24) is 4.57 Å². The number of carbonyl (C=O) groups is 2. The van der Waals surface area contributed by atoms with Crippen LogP contribution >= 0.6 is 22.9 Å². The second-order valence-electron chi connectivity index (χ2n) is 9.11. The molecule has 4 aromatic rings. The summed E-state index contributed by atoms with van der Waals surface area (Å²) >= 11 is 7.14. The number of esters is 1. The number of nitrogens with zero attached hydrogens (tertiary/aromatic N) is 2. The zero-order valence-corrected chi connectivity index (χ0v) is 24.5. The smallest absolute Gasteiger partial charge is 0.338 e. The van der Waals surface area contributed by atoms with Crippen molar-refractivity contribution < 1.29 is 33.3 Å². The fraction of sp³-hybridized carbons (Fsp3) is 0.200. The lowest BCUT2D eigenvalue weighted by Gasteiger charge is -2.26. The number of furan rings is 1. The molecule has 0 unspecified atom stereocenters. The van der Waals surface area contributed by atoms with Crippen LogP contribution in [0.25, 0.3) is 17.4 Å². The minimum atomic E-state index is -1.16. The van der Waals surface area contributed by atoms with E-state index in [-0.39, 0.29) is 22.8 Å². The number of hydrogen-bond acceptors (Lipinski definition) is 9. The Kier molecular flexibility index (Phi) is 8.06. The van der Waals surface area contributed by atoms with Crippen LogP contribution in [-0.4, -0.2) is 42.4 Å². The van der Waals surface area contributed by atoms with Crippen molar-refractivity contribution in [3.8, 4) is 22.8 Å². The van der Waals surface area contributed by atoms with Crippen molar-refractivity contribution in [2.75, 3.05) is 20.8 Å². The Morgan fingerprint density at radius 3 is 2.62 bits per heavy atom. The number of carbonyl (C=O) groups excluding carboxylic acids is 1. The van der Waals surface area contributed by atoms with Gasteiger partial charge in [-0.1, -0.05) is 22.9 Å². The van der Waals surface area contributed by atoms with E-state index < -0.39 is 23.5 Å². The number of ether oxygens (including phenoxy) is 3. The van der Waals surface area contributed by atoms with E-state index in [0.717, 1.165) is 11.3 Å². The van der Waals surface area contributed by atoms with Gasteiger partial charge in [0.25, 0.3) is 5.56 Å². The third-order valence-corrected chi connectivity index (χ3v) is 7.94. The van der Waals surface area contributed by atoms with Gasteiger partial charge in [0.05, 0.1) is 47.2 Å². The molecule has 0 aliphatic carbocycles. The number of halogens is 1. The van der Waals surface area contributed by atoms with E-state index in [9.17, 15) is 19.5 Å². The summed E-state index contributed by atoms with van der Waals surface area (Å²) in [5.41, 5.74) is 1.20. The number of carboxylic acids is 1. The highest BCUT2D eigenvalue weighted by molar-refractivity contribution is 7.07. The van der Waals surface area contributed by atoms with E-state index in [4.69, 9.17) is 30.2 Å². The van der Waals surface area contributed by atoms with E-state index in [1.165, 1.54) is 30.9 Å². The summed E-state index contributed by atoms with van der Waals surface area (Å²) in [6.45, 7) is 3.54. The van der Waals surface area contributed by atoms with Crippen molar-refractivity contribution in [3.63, 3.8) is 0 Å². The molecule has 1 N–H and O–H groups in total. The van der Waals surface area contributed by atoms with Crippen LogP contribution in [0.15, 0.2) is 74.0 Å². The van der Waals surface area contributed by atoms with Crippen LogP contribution in [0.1, 0.15) is 41.6 Å². The van der Waals surface area contributed by atoms with Crippen molar-refractivity contribution in [2.24, 2.45) is 4.99 Å². The van der Waals surface area contributed by atoms with Crippen molar-refractivity contribution in [2.45, 2.75) is 19.9 Å². The van der Waals surface area contributed by atoms with E-state index in [1.807, 2.05) is 0 Å². The van der Waals surface area contributed by atoms with E-state index >= 15 is 0 Å². The van der Waals surface area contributed by atoms with E-state index in [1.54, 1.807) is 56.3 Å².